The summed E-state index contributed by atoms with van der Waals surface area (Å²) in [5, 5.41) is 31.3. The number of carbonyl (C=O) groups is 5. The van der Waals surface area contributed by atoms with Crippen molar-refractivity contribution in [2.45, 2.75) is 63.2 Å². The molecule has 0 saturated carbocycles. The first-order chi connectivity index (χ1) is 12.5. The number of nitrogens with two attached hydrogens (primary N) is 2. The van der Waals surface area contributed by atoms with Crippen LogP contribution in [0.25, 0.3) is 0 Å². The molecule has 4 unspecified atom stereocenters. The van der Waals surface area contributed by atoms with Crippen LogP contribution in [0.5, 0.6) is 0 Å². The lowest BCUT2D eigenvalue weighted by Gasteiger charge is -2.18. The molecular weight excluding hydrogens is 364 g/mol. The number of rotatable bonds is 13. The third kappa shape index (κ3) is 10.1. The van der Waals surface area contributed by atoms with Gasteiger partial charge in [-0.05, 0) is 32.6 Å². The Kier molecular flexibility index (Phi) is 10.6. The van der Waals surface area contributed by atoms with Gasteiger partial charge in [0.2, 0.25) is 11.8 Å². The van der Waals surface area contributed by atoms with Crippen molar-refractivity contribution in [1.29, 1.82) is 0 Å². The molecule has 4 atom stereocenters. The number of carboxylic acids is 3. The normalized spacial score (nSPS) is 15.1. The highest BCUT2D eigenvalue weighted by Crippen LogP contribution is 2.06. The van der Waals surface area contributed by atoms with Crippen LogP contribution >= 0.6 is 0 Å². The summed E-state index contributed by atoms with van der Waals surface area (Å²) in [6, 6.07) is -4.65. The summed E-state index contributed by atoms with van der Waals surface area (Å²) in [7, 11) is 0. The van der Waals surface area contributed by atoms with Crippen molar-refractivity contribution in [3.8, 4) is 0 Å². The Bertz CT molecular complexity index is 566. The lowest BCUT2D eigenvalue weighted by molar-refractivity contribution is -0.143. The predicted octanol–water partition coefficient (Wildman–Crippen LogP) is -2.17. The number of amides is 2. The van der Waals surface area contributed by atoms with Gasteiger partial charge < -0.3 is 37.4 Å². The highest BCUT2D eigenvalue weighted by molar-refractivity contribution is 5.87. The van der Waals surface area contributed by atoms with Crippen LogP contribution in [0.3, 0.4) is 0 Å². The Morgan fingerprint density at radius 1 is 0.815 bits per heavy atom. The third-order valence-electron chi connectivity index (χ3n) is 3.65. The Hall–Kier alpha value is -2.73. The molecule has 0 bridgehead atoms. The van der Waals surface area contributed by atoms with Crippen molar-refractivity contribution in [1.82, 2.24) is 10.6 Å². The Balaban J connectivity index is 4.54. The van der Waals surface area contributed by atoms with Crippen molar-refractivity contribution in [3.05, 3.63) is 0 Å². The number of hydrogen-bond donors (Lipinski definition) is 7. The zero-order valence-electron chi connectivity index (χ0n) is 14.9. The zero-order chi connectivity index (χ0) is 21.1. The van der Waals surface area contributed by atoms with Crippen molar-refractivity contribution in [2.24, 2.45) is 11.5 Å². The molecule has 0 spiro atoms. The van der Waals surface area contributed by atoms with Gasteiger partial charge in [0, 0.05) is 6.42 Å². The molecule has 12 nitrogen and oxygen atoms in total. The van der Waals surface area contributed by atoms with Crippen LogP contribution in [0.2, 0.25) is 0 Å². The molecule has 0 fully saturated rings. The molecule has 12 heteroatoms. The molecule has 154 valence electrons. The quantitative estimate of drug-likeness (QED) is 0.180. The van der Waals surface area contributed by atoms with Gasteiger partial charge in [-0.2, -0.15) is 0 Å². The first-order valence-corrected chi connectivity index (χ1v) is 8.25. The summed E-state index contributed by atoms with van der Waals surface area (Å²) in [6.07, 6.45) is -0.428. The summed E-state index contributed by atoms with van der Waals surface area (Å²) >= 11 is 0. The average molecular weight is 390 g/mol. The molecule has 9 N–H and O–H groups in total. The largest absolute Gasteiger partial charge is 0.480 e. The summed E-state index contributed by atoms with van der Waals surface area (Å²) in [4.78, 5) is 56.3. The van der Waals surface area contributed by atoms with E-state index in [0.29, 0.717) is 0 Å². The van der Waals surface area contributed by atoms with E-state index in [4.69, 9.17) is 26.8 Å². The fourth-order valence-electron chi connectivity index (χ4n) is 2.03. The van der Waals surface area contributed by atoms with Crippen LogP contribution in [0, 0.1) is 0 Å². The summed E-state index contributed by atoms with van der Waals surface area (Å²) in [5.74, 6) is -5.28. The van der Waals surface area contributed by atoms with Crippen LogP contribution in [0.4, 0.5) is 0 Å². The van der Waals surface area contributed by atoms with Crippen LogP contribution in [0.15, 0.2) is 0 Å². The second-order valence-corrected chi connectivity index (χ2v) is 6.06. The number of carboxylic acid groups (broad SMARTS) is 3. The summed E-state index contributed by atoms with van der Waals surface area (Å²) in [5.41, 5.74) is 10.6. The highest BCUT2D eigenvalue weighted by atomic mass is 16.4. The summed E-state index contributed by atoms with van der Waals surface area (Å²) < 4.78 is 0. The molecule has 27 heavy (non-hydrogen) atoms. The molecule has 0 aromatic rings. The van der Waals surface area contributed by atoms with Gasteiger partial charge in [-0.1, -0.05) is 0 Å². The molecule has 0 aliphatic heterocycles. The molecule has 0 radical (unpaired) electrons. The maximum atomic E-state index is 11.9. The van der Waals surface area contributed by atoms with E-state index in [1.807, 2.05) is 0 Å². The van der Waals surface area contributed by atoms with E-state index in [9.17, 15) is 24.0 Å². The lowest BCUT2D eigenvalue weighted by atomic mass is 10.1. The third-order valence-corrected chi connectivity index (χ3v) is 3.65. The van der Waals surface area contributed by atoms with Gasteiger partial charge >= 0.3 is 17.9 Å². The number of aliphatic carboxylic acids is 3. The van der Waals surface area contributed by atoms with E-state index in [0.717, 1.165) is 0 Å². The van der Waals surface area contributed by atoms with Crippen molar-refractivity contribution >= 4 is 29.7 Å². The van der Waals surface area contributed by atoms with E-state index in [-0.39, 0.29) is 32.1 Å². The van der Waals surface area contributed by atoms with E-state index in [1.165, 1.54) is 6.92 Å². The second kappa shape index (κ2) is 11.8. The van der Waals surface area contributed by atoms with Gasteiger partial charge in [0.25, 0.3) is 0 Å². The molecule has 2 amide bonds. The van der Waals surface area contributed by atoms with Gasteiger partial charge in [-0.15, -0.1) is 0 Å². The fourth-order valence-corrected chi connectivity index (χ4v) is 2.03. The van der Waals surface area contributed by atoms with Gasteiger partial charge in [-0.25, -0.2) is 9.59 Å². The topological polar surface area (TPSA) is 222 Å². The van der Waals surface area contributed by atoms with E-state index >= 15 is 0 Å². The molecule has 0 rings (SSSR count). The van der Waals surface area contributed by atoms with Crippen molar-refractivity contribution in [2.75, 3.05) is 0 Å². The first-order valence-electron chi connectivity index (χ1n) is 8.25. The maximum Gasteiger partial charge on any atom is 0.326 e. The Morgan fingerprint density at radius 3 is 1.78 bits per heavy atom. The smallest absolute Gasteiger partial charge is 0.326 e. The zero-order valence-corrected chi connectivity index (χ0v) is 14.9. The molecule has 0 aromatic carbocycles. The van der Waals surface area contributed by atoms with Crippen LogP contribution < -0.4 is 22.1 Å². The SMILES string of the molecule is CC(N)C(=O)NC(CCC(=O)NC(CCCC(N)C(=O)O)C(=O)O)C(=O)O. The average Bonchev–Trinajstić information content (AvgIpc) is 2.56. The van der Waals surface area contributed by atoms with Crippen LogP contribution in [0.1, 0.15) is 39.0 Å². The molecule has 0 heterocycles. The minimum Gasteiger partial charge on any atom is -0.480 e. The molecule has 0 saturated heterocycles. The van der Waals surface area contributed by atoms with Gasteiger partial charge in [0.1, 0.15) is 18.1 Å². The minimum atomic E-state index is -1.35. The van der Waals surface area contributed by atoms with Gasteiger partial charge in [-0.3, -0.25) is 14.4 Å². The maximum absolute atomic E-state index is 11.9. The minimum absolute atomic E-state index is 0.0359. The van der Waals surface area contributed by atoms with Gasteiger partial charge in [0.15, 0.2) is 0 Å². The van der Waals surface area contributed by atoms with E-state index < -0.39 is 53.9 Å². The number of carbonyl (C=O) groups excluding carboxylic acids is 2. The monoisotopic (exact) mass is 390 g/mol. The fraction of sp³-hybridized carbons (Fsp3) is 0.667. The molecule has 0 aliphatic rings. The molecular formula is C15H26N4O8. The summed E-state index contributed by atoms with van der Waals surface area (Å²) in [6.45, 7) is 1.37. The molecule has 0 aliphatic carbocycles. The standard InChI is InChI=1S/C15H26N4O8/c1-7(16)12(21)19-10(15(26)27)5-6-11(20)18-9(14(24)25)4-2-3-8(17)13(22)23/h7-10H,2-6,16-17H2,1H3,(H,18,20)(H,19,21)(H,22,23)(H,24,25)(H,26,27). The Morgan fingerprint density at radius 2 is 1.33 bits per heavy atom. The van der Waals surface area contributed by atoms with E-state index in [1.54, 1.807) is 0 Å². The van der Waals surface area contributed by atoms with Gasteiger partial charge in [0.05, 0.1) is 6.04 Å². The number of nitrogens with one attached hydrogen (secondary N) is 2. The number of hydrogen-bond acceptors (Lipinski definition) is 7. The van der Waals surface area contributed by atoms with Crippen LogP contribution in [-0.2, 0) is 24.0 Å². The predicted molar refractivity (Wildman–Crippen MR) is 91.5 cm³/mol. The van der Waals surface area contributed by atoms with Crippen LogP contribution in [-0.4, -0.2) is 69.2 Å². The van der Waals surface area contributed by atoms with E-state index in [2.05, 4.69) is 10.6 Å². The second-order valence-electron chi connectivity index (χ2n) is 6.06. The molecule has 0 aromatic heterocycles. The Labute approximate surface area is 155 Å². The highest BCUT2D eigenvalue weighted by Gasteiger charge is 2.25. The lowest BCUT2D eigenvalue weighted by Crippen LogP contribution is -2.48. The van der Waals surface area contributed by atoms with Crippen molar-refractivity contribution in [3.63, 3.8) is 0 Å². The first kappa shape index (κ1) is 24.3. The van der Waals surface area contributed by atoms with Crippen molar-refractivity contribution < 1.29 is 39.3 Å².